The van der Waals surface area contributed by atoms with Crippen molar-refractivity contribution in [3.05, 3.63) is 64.1 Å². The van der Waals surface area contributed by atoms with Gasteiger partial charge < -0.3 is 0 Å². The molecular formula is C14H12BrF2NO2S. The molecule has 0 aliphatic heterocycles. The first-order valence-electron chi connectivity index (χ1n) is 6.03. The smallest absolute Gasteiger partial charge is 0.207 e. The maximum absolute atomic E-state index is 13.2. The molecule has 0 fully saturated rings. The maximum atomic E-state index is 13.2. The largest absolute Gasteiger partial charge is 0.241 e. The quantitative estimate of drug-likeness (QED) is 0.883. The topological polar surface area (TPSA) is 46.2 Å². The van der Waals surface area contributed by atoms with Crippen LogP contribution in [0, 0.1) is 11.6 Å². The van der Waals surface area contributed by atoms with Crippen LogP contribution < -0.4 is 4.72 Å². The number of hydrogen-bond acceptors (Lipinski definition) is 2. The summed E-state index contributed by atoms with van der Waals surface area (Å²) >= 11 is 3.34. The monoisotopic (exact) mass is 375 g/mol. The number of benzene rings is 2. The van der Waals surface area contributed by atoms with E-state index in [1.54, 1.807) is 25.1 Å². The first-order valence-corrected chi connectivity index (χ1v) is 8.30. The molecule has 7 heteroatoms. The summed E-state index contributed by atoms with van der Waals surface area (Å²) in [5, 5.41) is 0. The van der Waals surface area contributed by atoms with Gasteiger partial charge in [0, 0.05) is 10.5 Å². The van der Waals surface area contributed by atoms with Gasteiger partial charge in [0.05, 0.1) is 4.90 Å². The SMILES string of the molecule is C[C@H](NS(=O)(=O)c1ccc(F)c(F)c1)c1ccccc1Br. The van der Waals surface area contributed by atoms with E-state index in [1.807, 2.05) is 6.07 Å². The highest BCUT2D eigenvalue weighted by Gasteiger charge is 2.20. The van der Waals surface area contributed by atoms with Crippen LogP contribution in [0.3, 0.4) is 0 Å². The summed E-state index contributed by atoms with van der Waals surface area (Å²) in [5.41, 5.74) is 0.739. The summed E-state index contributed by atoms with van der Waals surface area (Å²) in [6.07, 6.45) is 0. The lowest BCUT2D eigenvalue weighted by Crippen LogP contribution is -2.27. The Morgan fingerprint density at radius 2 is 1.76 bits per heavy atom. The van der Waals surface area contributed by atoms with E-state index in [0.29, 0.717) is 6.07 Å². The van der Waals surface area contributed by atoms with E-state index in [9.17, 15) is 17.2 Å². The van der Waals surface area contributed by atoms with E-state index in [1.165, 1.54) is 0 Å². The van der Waals surface area contributed by atoms with Crippen molar-refractivity contribution in [1.82, 2.24) is 4.72 Å². The van der Waals surface area contributed by atoms with E-state index in [0.717, 1.165) is 22.2 Å². The third-order valence-corrected chi connectivity index (χ3v) is 5.17. The molecule has 0 spiro atoms. The molecule has 0 aliphatic rings. The summed E-state index contributed by atoms with van der Waals surface area (Å²) in [6, 6.07) is 9.08. The van der Waals surface area contributed by atoms with Crippen LogP contribution in [0.1, 0.15) is 18.5 Å². The fraction of sp³-hybridized carbons (Fsp3) is 0.143. The Hall–Kier alpha value is -1.31. The number of nitrogens with one attached hydrogen (secondary N) is 1. The van der Waals surface area contributed by atoms with E-state index in [4.69, 9.17) is 0 Å². The number of rotatable bonds is 4. The highest BCUT2D eigenvalue weighted by Crippen LogP contribution is 2.24. The number of hydrogen-bond donors (Lipinski definition) is 1. The van der Waals surface area contributed by atoms with Crippen molar-refractivity contribution in [2.45, 2.75) is 17.9 Å². The number of halogens is 3. The van der Waals surface area contributed by atoms with Crippen molar-refractivity contribution < 1.29 is 17.2 Å². The van der Waals surface area contributed by atoms with Crippen molar-refractivity contribution >= 4 is 26.0 Å². The average molecular weight is 376 g/mol. The van der Waals surface area contributed by atoms with Gasteiger partial charge in [-0.2, -0.15) is 0 Å². The lowest BCUT2D eigenvalue weighted by atomic mass is 10.1. The molecule has 21 heavy (non-hydrogen) atoms. The van der Waals surface area contributed by atoms with E-state index in [-0.39, 0.29) is 4.90 Å². The summed E-state index contributed by atoms with van der Waals surface area (Å²) in [6.45, 7) is 1.66. The average Bonchev–Trinajstić information content (AvgIpc) is 2.41. The van der Waals surface area contributed by atoms with Crippen LogP contribution in [0.4, 0.5) is 8.78 Å². The Bertz CT molecular complexity index is 765. The molecule has 0 unspecified atom stereocenters. The predicted octanol–water partition coefficient (Wildman–Crippen LogP) is 3.77. The third-order valence-electron chi connectivity index (χ3n) is 2.91. The first-order chi connectivity index (χ1) is 9.81. The van der Waals surface area contributed by atoms with Crippen molar-refractivity contribution in [3.8, 4) is 0 Å². The summed E-state index contributed by atoms with van der Waals surface area (Å²) in [5.74, 6) is -2.29. The van der Waals surface area contributed by atoms with Crippen molar-refractivity contribution in [2.24, 2.45) is 0 Å². The molecule has 3 nitrogen and oxygen atoms in total. The normalized spacial score (nSPS) is 13.1. The Morgan fingerprint density at radius 3 is 2.38 bits per heavy atom. The van der Waals surface area contributed by atoms with Gasteiger partial charge in [-0.15, -0.1) is 0 Å². The molecule has 0 aromatic heterocycles. The van der Waals surface area contributed by atoms with Crippen LogP contribution in [0.15, 0.2) is 51.8 Å². The third kappa shape index (κ3) is 3.66. The summed E-state index contributed by atoms with van der Waals surface area (Å²) < 4.78 is 53.6. The highest BCUT2D eigenvalue weighted by molar-refractivity contribution is 9.10. The van der Waals surface area contributed by atoms with Gasteiger partial charge >= 0.3 is 0 Å². The highest BCUT2D eigenvalue weighted by atomic mass is 79.9. The lowest BCUT2D eigenvalue weighted by molar-refractivity contribution is 0.503. The Kier molecular flexibility index (Phi) is 4.75. The fourth-order valence-corrected chi connectivity index (χ4v) is 3.70. The zero-order chi connectivity index (χ0) is 15.6. The van der Waals surface area contributed by atoms with Gasteiger partial charge in [0.15, 0.2) is 11.6 Å². The summed E-state index contributed by atoms with van der Waals surface area (Å²) in [4.78, 5) is -0.319. The Morgan fingerprint density at radius 1 is 1.10 bits per heavy atom. The van der Waals surface area contributed by atoms with Crippen molar-refractivity contribution in [2.75, 3.05) is 0 Å². The van der Waals surface area contributed by atoms with Gasteiger partial charge in [-0.05, 0) is 36.8 Å². The van der Waals surface area contributed by atoms with Gasteiger partial charge in [-0.25, -0.2) is 21.9 Å². The maximum Gasteiger partial charge on any atom is 0.241 e. The molecule has 1 atom stereocenters. The minimum Gasteiger partial charge on any atom is -0.207 e. The molecule has 0 amide bonds. The molecule has 0 bridgehead atoms. The molecule has 2 aromatic rings. The molecule has 2 rings (SSSR count). The van der Waals surface area contributed by atoms with Gasteiger partial charge in [0.25, 0.3) is 0 Å². The van der Waals surface area contributed by atoms with Gasteiger partial charge in [-0.1, -0.05) is 34.1 Å². The minimum atomic E-state index is -3.94. The van der Waals surface area contributed by atoms with E-state index < -0.39 is 27.7 Å². The second kappa shape index (κ2) is 6.21. The molecule has 0 radical (unpaired) electrons. The van der Waals surface area contributed by atoms with Crippen LogP contribution in [-0.2, 0) is 10.0 Å². The van der Waals surface area contributed by atoms with Gasteiger partial charge in [0.2, 0.25) is 10.0 Å². The molecule has 1 N–H and O–H groups in total. The molecule has 0 aliphatic carbocycles. The van der Waals surface area contributed by atoms with Gasteiger partial charge in [0.1, 0.15) is 0 Å². The van der Waals surface area contributed by atoms with Crippen LogP contribution in [0.25, 0.3) is 0 Å². The minimum absolute atomic E-state index is 0.319. The standard InChI is InChI=1S/C14H12BrF2NO2S/c1-9(11-4-2-3-5-12(11)15)18-21(19,20)10-6-7-13(16)14(17)8-10/h2-9,18H,1H3/t9-/m0/s1. The second-order valence-corrected chi connectivity index (χ2v) is 7.01. The molecule has 0 saturated carbocycles. The summed E-state index contributed by atoms with van der Waals surface area (Å²) in [7, 11) is -3.94. The van der Waals surface area contributed by atoms with Gasteiger partial charge in [-0.3, -0.25) is 0 Å². The molecule has 0 saturated heterocycles. The second-order valence-electron chi connectivity index (χ2n) is 4.44. The zero-order valence-corrected chi connectivity index (χ0v) is 13.4. The molecular weight excluding hydrogens is 364 g/mol. The lowest BCUT2D eigenvalue weighted by Gasteiger charge is -2.16. The predicted molar refractivity (Wildman–Crippen MR) is 79.2 cm³/mol. The molecule has 0 heterocycles. The first kappa shape index (κ1) is 16.1. The Labute approximate surface area is 130 Å². The van der Waals surface area contributed by atoms with Crippen LogP contribution in [-0.4, -0.2) is 8.42 Å². The zero-order valence-electron chi connectivity index (χ0n) is 11.0. The Balaban J connectivity index is 2.29. The van der Waals surface area contributed by atoms with Crippen LogP contribution in [0.5, 0.6) is 0 Å². The van der Waals surface area contributed by atoms with Crippen LogP contribution >= 0.6 is 15.9 Å². The van der Waals surface area contributed by atoms with E-state index in [2.05, 4.69) is 20.7 Å². The number of sulfonamides is 1. The fourth-order valence-electron chi connectivity index (χ4n) is 1.83. The van der Waals surface area contributed by atoms with E-state index >= 15 is 0 Å². The van der Waals surface area contributed by atoms with Crippen molar-refractivity contribution in [1.29, 1.82) is 0 Å². The molecule has 112 valence electrons. The van der Waals surface area contributed by atoms with Crippen molar-refractivity contribution in [3.63, 3.8) is 0 Å². The molecule has 2 aromatic carbocycles. The van der Waals surface area contributed by atoms with Crippen LogP contribution in [0.2, 0.25) is 0 Å².